The SMILES string of the molecule is CC(CNc1ccc[nH]1)CC(=O)O. The number of carbonyl (C=O) groups is 1. The third-order valence-electron chi connectivity index (χ3n) is 1.76. The quantitative estimate of drug-likeness (QED) is 0.647. The average molecular weight is 182 g/mol. The highest BCUT2D eigenvalue weighted by Crippen LogP contribution is 2.05. The van der Waals surface area contributed by atoms with Crippen molar-refractivity contribution >= 4 is 11.8 Å². The van der Waals surface area contributed by atoms with Crippen molar-refractivity contribution in [2.45, 2.75) is 13.3 Å². The first-order valence-electron chi connectivity index (χ1n) is 4.27. The van der Waals surface area contributed by atoms with Crippen molar-refractivity contribution in [1.29, 1.82) is 0 Å². The largest absolute Gasteiger partial charge is 0.481 e. The zero-order valence-corrected chi connectivity index (χ0v) is 7.58. The second-order valence-electron chi connectivity index (χ2n) is 3.17. The number of hydrogen-bond donors (Lipinski definition) is 3. The summed E-state index contributed by atoms with van der Waals surface area (Å²) >= 11 is 0. The van der Waals surface area contributed by atoms with Crippen molar-refractivity contribution in [2.75, 3.05) is 11.9 Å². The van der Waals surface area contributed by atoms with Crippen molar-refractivity contribution in [3.05, 3.63) is 18.3 Å². The van der Waals surface area contributed by atoms with Crippen LogP contribution in [-0.2, 0) is 4.79 Å². The molecule has 1 heterocycles. The molecule has 0 bridgehead atoms. The van der Waals surface area contributed by atoms with Gasteiger partial charge < -0.3 is 15.4 Å². The number of carboxylic acids is 1. The summed E-state index contributed by atoms with van der Waals surface area (Å²) in [4.78, 5) is 13.3. The molecule has 1 aromatic rings. The lowest BCUT2D eigenvalue weighted by Gasteiger charge is -2.09. The van der Waals surface area contributed by atoms with Gasteiger partial charge in [0.05, 0.1) is 0 Å². The lowest BCUT2D eigenvalue weighted by atomic mass is 10.1. The second-order valence-corrected chi connectivity index (χ2v) is 3.17. The van der Waals surface area contributed by atoms with Crippen LogP contribution in [0.1, 0.15) is 13.3 Å². The Bertz CT molecular complexity index is 257. The summed E-state index contributed by atoms with van der Waals surface area (Å²) in [7, 11) is 0. The standard InChI is InChI=1S/C9H14N2O2/c1-7(5-9(12)13)6-11-8-3-2-4-10-8/h2-4,7,10-11H,5-6H2,1H3,(H,12,13). The van der Waals surface area contributed by atoms with Crippen molar-refractivity contribution in [2.24, 2.45) is 5.92 Å². The number of aromatic nitrogens is 1. The van der Waals surface area contributed by atoms with E-state index in [4.69, 9.17) is 5.11 Å². The fraction of sp³-hybridized carbons (Fsp3) is 0.444. The molecule has 1 unspecified atom stereocenters. The predicted molar refractivity (Wildman–Crippen MR) is 50.7 cm³/mol. The summed E-state index contributed by atoms with van der Waals surface area (Å²) in [5.41, 5.74) is 0. The van der Waals surface area contributed by atoms with E-state index in [0.29, 0.717) is 6.54 Å². The smallest absolute Gasteiger partial charge is 0.303 e. The highest BCUT2D eigenvalue weighted by Gasteiger charge is 2.06. The van der Waals surface area contributed by atoms with Crippen LogP contribution >= 0.6 is 0 Å². The fourth-order valence-electron chi connectivity index (χ4n) is 1.09. The molecule has 0 spiro atoms. The molecule has 13 heavy (non-hydrogen) atoms. The number of anilines is 1. The summed E-state index contributed by atoms with van der Waals surface area (Å²) < 4.78 is 0. The molecule has 1 rings (SSSR count). The molecule has 1 atom stereocenters. The van der Waals surface area contributed by atoms with Gasteiger partial charge in [-0.05, 0) is 18.1 Å². The normalized spacial score (nSPS) is 12.4. The highest BCUT2D eigenvalue weighted by atomic mass is 16.4. The van der Waals surface area contributed by atoms with Gasteiger partial charge in [0.15, 0.2) is 0 Å². The Morgan fingerprint density at radius 1 is 1.77 bits per heavy atom. The number of hydrogen-bond acceptors (Lipinski definition) is 2. The van der Waals surface area contributed by atoms with Gasteiger partial charge in [-0.25, -0.2) is 0 Å². The van der Waals surface area contributed by atoms with Crippen molar-refractivity contribution in [3.8, 4) is 0 Å². The number of nitrogens with one attached hydrogen (secondary N) is 2. The summed E-state index contributed by atoms with van der Waals surface area (Å²) in [6.45, 7) is 2.58. The molecule has 4 nitrogen and oxygen atoms in total. The van der Waals surface area contributed by atoms with Crippen LogP contribution in [0.2, 0.25) is 0 Å². The highest BCUT2D eigenvalue weighted by molar-refractivity contribution is 5.67. The van der Waals surface area contributed by atoms with E-state index in [1.165, 1.54) is 0 Å². The molecule has 0 saturated heterocycles. The molecule has 0 saturated carbocycles. The first kappa shape index (κ1) is 9.64. The molecular weight excluding hydrogens is 168 g/mol. The molecule has 0 radical (unpaired) electrons. The van der Waals surface area contributed by atoms with Crippen LogP contribution in [0.3, 0.4) is 0 Å². The van der Waals surface area contributed by atoms with Gasteiger partial charge in [-0.1, -0.05) is 6.92 Å². The molecule has 0 fully saturated rings. The number of H-pyrrole nitrogens is 1. The van der Waals surface area contributed by atoms with Crippen molar-refractivity contribution in [3.63, 3.8) is 0 Å². The molecule has 0 aliphatic heterocycles. The number of rotatable bonds is 5. The van der Waals surface area contributed by atoms with Gasteiger partial charge in [0, 0.05) is 19.2 Å². The Labute approximate surface area is 77.0 Å². The molecule has 0 aliphatic carbocycles. The van der Waals surface area contributed by atoms with Gasteiger partial charge in [-0.2, -0.15) is 0 Å². The molecular formula is C9H14N2O2. The topological polar surface area (TPSA) is 65.1 Å². The molecule has 72 valence electrons. The van der Waals surface area contributed by atoms with Crippen LogP contribution in [0.4, 0.5) is 5.82 Å². The lowest BCUT2D eigenvalue weighted by molar-refractivity contribution is -0.137. The van der Waals surface area contributed by atoms with E-state index in [1.807, 2.05) is 25.3 Å². The Kier molecular flexibility index (Phi) is 3.37. The minimum atomic E-state index is -0.749. The molecule has 4 heteroatoms. The van der Waals surface area contributed by atoms with Crippen molar-refractivity contribution < 1.29 is 9.90 Å². The van der Waals surface area contributed by atoms with Gasteiger partial charge in [-0.15, -0.1) is 0 Å². The number of aromatic amines is 1. The molecule has 0 aliphatic rings. The first-order valence-corrected chi connectivity index (χ1v) is 4.27. The first-order chi connectivity index (χ1) is 6.18. The van der Waals surface area contributed by atoms with Gasteiger partial charge in [0.2, 0.25) is 0 Å². The minimum absolute atomic E-state index is 0.140. The van der Waals surface area contributed by atoms with Crippen LogP contribution in [0.5, 0.6) is 0 Å². The van der Waals surface area contributed by atoms with Crippen LogP contribution in [-0.4, -0.2) is 22.6 Å². The summed E-state index contributed by atoms with van der Waals surface area (Å²) in [6.07, 6.45) is 2.03. The van der Waals surface area contributed by atoms with Crippen LogP contribution < -0.4 is 5.32 Å². The Morgan fingerprint density at radius 3 is 3.08 bits per heavy atom. The molecule has 0 aromatic carbocycles. The third kappa shape index (κ3) is 3.64. The van der Waals surface area contributed by atoms with E-state index in [1.54, 1.807) is 0 Å². The van der Waals surface area contributed by atoms with Crippen LogP contribution in [0.25, 0.3) is 0 Å². The maximum Gasteiger partial charge on any atom is 0.303 e. The van der Waals surface area contributed by atoms with Crippen LogP contribution in [0.15, 0.2) is 18.3 Å². The Hall–Kier alpha value is -1.45. The number of carboxylic acid groups (broad SMARTS) is 1. The van der Waals surface area contributed by atoms with Gasteiger partial charge in [0.1, 0.15) is 5.82 Å². The molecule has 3 N–H and O–H groups in total. The predicted octanol–water partition coefficient (Wildman–Crippen LogP) is 1.54. The molecule has 1 aromatic heterocycles. The van der Waals surface area contributed by atoms with Gasteiger partial charge in [-0.3, -0.25) is 4.79 Å². The van der Waals surface area contributed by atoms with E-state index in [0.717, 1.165) is 5.82 Å². The van der Waals surface area contributed by atoms with Crippen molar-refractivity contribution in [1.82, 2.24) is 4.98 Å². The molecule has 0 amide bonds. The van der Waals surface area contributed by atoms with Gasteiger partial charge >= 0.3 is 5.97 Å². The zero-order chi connectivity index (χ0) is 9.68. The maximum absolute atomic E-state index is 10.3. The van der Waals surface area contributed by atoms with E-state index in [-0.39, 0.29) is 12.3 Å². The monoisotopic (exact) mass is 182 g/mol. The Morgan fingerprint density at radius 2 is 2.54 bits per heavy atom. The van der Waals surface area contributed by atoms with E-state index >= 15 is 0 Å². The minimum Gasteiger partial charge on any atom is -0.481 e. The summed E-state index contributed by atoms with van der Waals surface area (Å²) in [5, 5.41) is 11.6. The summed E-state index contributed by atoms with van der Waals surface area (Å²) in [5.74, 6) is 0.318. The maximum atomic E-state index is 10.3. The van der Waals surface area contributed by atoms with E-state index in [9.17, 15) is 4.79 Å². The third-order valence-corrected chi connectivity index (χ3v) is 1.76. The fourth-order valence-corrected chi connectivity index (χ4v) is 1.09. The van der Waals surface area contributed by atoms with E-state index < -0.39 is 5.97 Å². The summed E-state index contributed by atoms with van der Waals surface area (Å²) in [6, 6.07) is 3.80. The number of aliphatic carboxylic acids is 1. The van der Waals surface area contributed by atoms with Gasteiger partial charge in [0.25, 0.3) is 0 Å². The van der Waals surface area contributed by atoms with Crippen LogP contribution in [0, 0.1) is 5.92 Å². The van der Waals surface area contributed by atoms with E-state index in [2.05, 4.69) is 10.3 Å². The lowest BCUT2D eigenvalue weighted by Crippen LogP contribution is -2.14. The second kappa shape index (κ2) is 4.54. The Balaban J connectivity index is 2.22. The average Bonchev–Trinajstić information content (AvgIpc) is 2.51. The zero-order valence-electron chi connectivity index (χ0n) is 7.58.